The molecular weight excluding hydrogens is 230 g/mol. The molecule has 1 aliphatic carbocycles. The fourth-order valence-corrected chi connectivity index (χ4v) is 4.11. The largest absolute Gasteiger partial charge is 0.481 e. The van der Waals surface area contributed by atoms with E-state index < -0.39 is 5.97 Å². The number of hydrogen-bond donors (Lipinski definition) is 1. The van der Waals surface area contributed by atoms with E-state index in [1.54, 1.807) is 11.8 Å². The van der Waals surface area contributed by atoms with Crippen LogP contribution in [0.25, 0.3) is 0 Å². The maximum absolute atomic E-state index is 10.6. The molecule has 1 aliphatic rings. The second kappa shape index (κ2) is 4.53. The Morgan fingerprint density at radius 3 is 2.93 bits per heavy atom. The van der Waals surface area contributed by atoms with Gasteiger partial charge in [0.05, 0.1) is 12.1 Å². The van der Waals surface area contributed by atoms with Gasteiger partial charge in [0.25, 0.3) is 0 Å². The quantitative estimate of drug-likeness (QED) is 0.883. The van der Waals surface area contributed by atoms with Gasteiger partial charge in [-0.25, -0.2) is 4.98 Å². The van der Waals surface area contributed by atoms with Gasteiger partial charge in [0.1, 0.15) is 0 Å². The number of carboxylic acid groups (broad SMARTS) is 1. The summed E-state index contributed by atoms with van der Waals surface area (Å²) >= 11 is 3.34. The van der Waals surface area contributed by atoms with Gasteiger partial charge >= 0.3 is 5.97 Å². The van der Waals surface area contributed by atoms with Crippen molar-refractivity contribution in [1.29, 1.82) is 0 Å². The van der Waals surface area contributed by atoms with Gasteiger partial charge < -0.3 is 5.11 Å². The monoisotopic (exact) mass is 243 g/mol. The van der Waals surface area contributed by atoms with Crippen molar-refractivity contribution in [2.75, 3.05) is 0 Å². The summed E-state index contributed by atoms with van der Waals surface area (Å²) in [5, 5.41) is 9.43. The third kappa shape index (κ3) is 2.72. The smallest absolute Gasteiger partial charge is 0.308 e. The van der Waals surface area contributed by atoms with Crippen LogP contribution in [0.3, 0.4) is 0 Å². The summed E-state index contributed by atoms with van der Waals surface area (Å²) in [7, 11) is 0. The molecule has 82 valence electrons. The summed E-state index contributed by atoms with van der Waals surface area (Å²) in [5.74, 6) is -0.776. The lowest BCUT2D eigenvalue weighted by Gasteiger charge is -2.22. The first-order valence-electron chi connectivity index (χ1n) is 5.00. The second-order valence-corrected chi connectivity index (χ2v) is 6.36. The Bertz CT molecular complexity index is 371. The molecule has 1 heterocycles. The number of nitrogens with zero attached hydrogens (tertiary/aromatic N) is 1. The van der Waals surface area contributed by atoms with Gasteiger partial charge in [-0.15, -0.1) is 11.3 Å². The highest BCUT2D eigenvalue weighted by Crippen LogP contribution is 2.38. The first-order chi connectivity index (χ1) is 7.15. The number of hydrogen-bond acceptors (Lipinski definition) is 4. The molecule has 0 aromatic carbocycles. The Hall–Kier alpha value is -0.550. The van der Waals surface area contributed by atoms with Gasteiger partial charge in [0.2, 0.25) is 0 Å². The summed E-state index contributed by atoms with van der Waals surface area (Å²) < 4.78 is 1.04. The van der Waals surface area contributed by atoms with Crippen LogP contribution in [0, 0.1) is 6.92 Å². The Morgan fingerprint density at radius 2 is 2.40 bits per heavy atom. The molecule has 0 radical (unpaired) electrons. The molecule has 15 heavy (non-hydrogen) atoms. The minimum Gasteiger partial charge on any atom is -0.481 e. The van der Waals surface area contributed by atoms with Crippen molar-refractivity contribution in [2.45, 2.75) is 42.2 Å². The van der Waals surface area contributed by atoms with Crippen molar-refractivity contribution in [3.8, 4) is 0 Å². The maximum atomic E-state index is 10.6. The van der Waals surface area contributed by atoms with Gasteiger partial charge in [-0.1, -0.05) is 18.2 Å². The van der Waals surface area contributed by atoms with Crippen LogP contribution < -0.4 is 0 Å². The normalized spacial score (nSPS) is 16.3. The Balaban J connectivity index is 2.02. The van der Waals surface area contributed by atoms with E-state index in [4.69, 9.17) is 5.11 Å². The van der Waals surface area contributed by atoms with Crippen LogP contribution in [0.4, 0.5) is 0 Å². The van der Waals surface area contributed by atoms with E-state index >= 15 is 0 Å². The highest BCUT2D eigenvalue weighted by molar-refractivity contribution is 8.01. The van der Waals surface area contributed by atoms with Crippen molar-refractivity contribution in [3.05, 3.63) is 10.6 Å². The van der Waals surface area contributed by atoms with Crippen molar-refractivity contribution in [2.24, 2.45) is 0 Å². The topological polar surface area (TPSA) is 50.2 Å². The Labute approximate surface area is 96.9 Å². The Kier molecular flexibility index (Phi) is 3.31. The average molecular weight is 243 g/mol. The van der Waals surface area contributed by atoms with Gasteiger partial charge in [0, 0.05) is 10.1 Å². The fourth-order valence-electron chi connectivity index (χ4n) is 1.38. The van der Waals surface area contributed by atoms with E-state index in [1.165, 1.54) is 30.6 Å². The molecule has 0 saturated heterocycles. The SMILES string of the molecule is Cc1nc(SC2CCC2)sc1CC(=O)O. The summed E-state index contributed by atoms with van der Waals surface area (Å²) in [6.07, 6.45) is 3.98. The van der Waals surface area contributed by atoms with E-state index in [2.05, 4.69) is 4.98 Å². The average Bonchev–Trinajstić information content (AvgIpc) is 2.39. The van der Waals surface area contributed by atoms with Gasteiger partial charge in [-0.3, -0.25) is 4.79 Å². The zero-order valence-corrected chi connectivity index (χ0v) is 10.2. The van der Waals surface area contributed by atoms with Crippen LogP contribution >= 0.6 is 23.1 Å². The number of carbonyl (C=O) groups is 1. The lowest BCUT2D eigenvalue weighted by atomic mass is 10.0. The van der Waals surface area contributed by atoms with E-state index in [0.29, 0.717) is 5.25 Å². The second-order valence-electron chi connectivity index (χ2n) is 3.73. The van der Waals surface area contributed by atoms with Crippen LogP contribution in [0.1, 0.15) is 29.8 Å². The summed E-state index contributed by atoms with van der Waals surface area (Å²) in [6.45, 7) is 1.89. The molecule has 1 aromatic rings. The van der Waals surface area contributed by atoms with Crippen molar-refractivity contribution < 1.29 is 9.90 Å². The standard InChI is InChI=1S/C10H13NO2S2/c1-6-8(5-9(12)13)15-10(11-6)14-7-3-2-4-7/h7H,2-5H2,1H3,(H,12,13). The van der Waals surface area contributed by atoms with Crippen LogP contribution in [-0.4, -0.2) is 21.3 Å². The van der Waals surface area contributed by atoms with Crippen molar-refractivity contribution >= 4 is 29.1 Å². The molecule has 1 saturated carbocycles. The van der Waals surface area contributed by atoms with Gasteiger partial charge in [-0.05, 0) is 19.8 Å². The molecule has 0 unspecified atom stereocenters. The predicted molar refractivity (Wildman–Crippen MR) is 61.7 cm³/mol. The first-order valence-corrected chi connectivity index (χ1v) is 6.69. The van der Waals surface area contributed by atoms with E-state index in [-0.39, 0.29) is 6.42 Å². The number of carboxylic acids is 1. The molecule has 0 spiro atoms. The lowest BCUT2D eigenvalue weighted by molar-refractivity contribution is -0.136. The molecule has 3 nitrogen and oxygen atoms in total. The van der Waals surface area contributed by atoms with Crippen molar-refractivity contribution in [1.82, 2.24) is 4.98 Å². The molecular formula is C10H13NO2S2. The highest BCUT2D eigenvalue weighted by atomic mass is 32.2. The molecule has 1 N–H and O–H groups in total. The minimum absolute atomic E-state index is 0.106. The zero-order valence-electron chi connectivity index (χ0n) is 8.52. The molecule has 2 rings (SSSR count). The summed E-state index contributed by atoms with van der Waals surface area (Å²) in [5.41, 5.74) is 0.879. The zero-order chi connectivity index (χ0) is 10.8. The molecule has 1 aromatic heterocycles. The van der Waals surface area contributed by atoms with Crippen LogP contribution in [-0.2, 0) is 11.2 Å². The third-order valence-electron chi connectivity index (χ3n) is 2.50. The van der Waals surface area contributed by atoms with Crippen LogP contribution in [0.15, 0.2) is 4.34 Å². The Morgan fingerprint density at radius 1 is 1.67 bits per heavy atom. The number of thiazole rings is 1. The van der Waals surface area contributed by atoms with Gasteiger partial charge in [-0.2, -0.15) is 0 Å². The molecule has 0 atom stereocenters. The van der Waals surface area contributed by atoms with E-state index in [0.717, 1.165) is 14.9 Å². The molecule has 0 bridgehead atoms. The number of aliphatic carboxylic acids is 1. The number of aromatic nitrogens is 1. The van der Waals surface area contributed by atoms with E-state index in [9.17, 15) is 4.79 Å². The molecule has 5 heteroatoms. The van der Waals surface area contributed by atoms with Crippen LogP contribution in [0.5, 0.6) is 0 Å². The van der Waals surface area contributed by atoms with Crippen LogP contribution in [0.2, 0.25) is 0 Å². The fraction of sp³-hybridized carbons (Fsp3) is 0.600. The number of rotatable bonds is 4. The predicted octanol–water partition coefficient (Wildman–Crippen LogP) is 2.72. The third-order valence-corrected chi connectivity index (χ3v) is 5.09. The number of aryl methyl sites for hydroxylation is 1. The first kappa shape index (κ1) is 11.0. The lowest BCUT2D eigenvalue weighted by Crippen LogP contribution is -2.12. The van der Waals surface area contributed by atoms with E-state index in [1.807, 2.05) is 6.92 Å². The maximum Gasteiger partial charge on any atom is 0.308 e. The molecule has 0 aliphatic heterocycles. The summed E-state index contributed by atoms with van der Waals surface area (Å²) in [6, 6.07) is 0. The molecule has 0 amide bonds. The summed E-state index contributed by atoms with van der Waals surface area (Å²) in [4.78, 5) is 15.9. The minimum atomic E-state index is -0.776. The number of thioether (sulfide) groups is 1. The van der Waals surface area contributed by atoms with Crippen molar-refractivity contribution in [3.63, 3.8) is 0 Å². The molecule has 1 fully saturated rings. The van der Waals surface area contributed by atoms with Gasteiger partial charge in [0.15, 0.2) is 4.34 Å². The highest BCUT2D eigenvalue weighted by Gasteiger charge is 2.21.